The first-order chi connectivity index (χ1) is 17.1. The molecule has 0 radical (unpaired) electrons. The van der Waals surface area contributed by atoms with Crippen LogP contribution in [0, 0.1) is 0 Å². The van der Waals surface area contributed by atoms with Crippen LogP contribution in [-0.2, 0) is 19.1 Å². The van der Waals surface area contributed by atoms with Crippen LogP contribution in [-0.4, -0.2) is 221 Å². The average Bonchev–Trinajstić information content (AvgIpc) is 2.88. The minimum atomic E-state index is -2.50. The van der Waals surface area contributed by atoms with Gasteiger partial charge in [0.15, 0.2) is 6.29 Å². The minimum absolute atomic E-state index is 0. The normalized spacial score (nSPS) is 28.9. The van der Waals surface area contributed by atoms with Gasteiger partial charge in [0.2, 0.25) is 0 Å². The van der Waals surface area contributed by atoms with Crippen molar-refractivity contribution in [3.05, 3.63) is 0 Å². The van der Waals surface area contributed by atoms with Crippen molar-refractivity contribution in [2.75, 3.05) is 19.8 Å². The molecule has 21 heteroatoms. The Bertz CT molecular complexity index is 685. The van der Waals surface area contributed by atoms with E-state index >= 15 is 0 Å². The molecule has 0 bridgehead atoms. The van der Waals surface area contributed by atoms with Gasteiger partial charge in [0.1, 0.15) is 73.2 Å². The van der Waals surface area contributed by atoms with Gasteiger partial charge in [0.25, 0.3) is 0 Å². The smallest absolute Gasteiger partial charge is 0.547 e. The fourth-order valence-electron chi connectivity index (χ4n) is 2.82. The Morgan fingerprint density at radius 3 is 1.54 bits per heavy atom. The molecule has 0 spiro atoms. The third-order valence-electron chi connectivity index (χ3n) is 5.10. The van der Waals surface area contributed by atoms with Crippen molar-refractivity contribution in [3.8, 4) is 0 Å². The number of aliphatic carboxylic acids is 2. The zero-order chi connectivity index (χ0) is 29.2. The largest absolute Gasteiger partial charge is 2.00 e. The molecule has 1 saturated heterocycles. The molecule has 0 aromatic heterocycles. The number of hydrogen-bond acceptors (Lipinski definition) is 19. The van der Waals surface area contributed by atoms with Crippen molar-refractivity contribution >= 4 is 49.7 Å². The van der Waals surface area contributed by atoms with Gasteiger partial charge in [-0.25, -0.2) is 0 Å². The Balaban J connectivity index is -0.000000742. The summed E-state index contributed by atoms with van der Waals surface area (Å²) in [7, 11) is 0. The Morgan fingerprint density at radius 2 is 1.15 bits per heavy atom. The number of carbonyl (C=O) groups is 2. The van der Waals surface area contributed by atoms with E-state index in [-0.39, 0.29) is 43.2 Å². The van der Waals surface area contributed by atoms with Crippen molar-refractivity contribution in [2.24, 2.45) is 0 Å². The maximum atomic E-state index is 10.6. The molecule has 0 aromatic rings. The number of aliphatic hydroxyl groups is 13. The van der Waals surface area contributed by atoms with Crippen molar-refractivity contribution in [1.29, 1.82) is 0 Å². The van der Waals surface area contributed by atoms with Crippen molar-refractivity contribution < 1.29 is 101 Å². The molecule has 1 aliphatic heterocycles. The first-order valence-electron chi connectivity index (χ1n) is 10.4. The van der Waals surface area contributed by atoms with Crippen LogP contribution in [0.2, 0.25) is 0 Å². The summed E-state index contributed by atoms with van der Waals surface area (Å²) in [5.41, 5.74) is 0. The number of ether oxygens (including phenoxy) is 2. The summed E-state index contributed by atoms with van der Waals surface area (Å²) in [6.45, 7) is -2.65. The molecule has 0 saturated carbocycles. The Hall–Kier alpha value is -0.440. The molecule has 0 unspecified atom stereocenters. The number of carboxylic acid groups (broad SMARTS) is 2. The van der Waals surface area contributed by atoms with Gasteiger partial charge in [-0.1, -0.05) is 0 Å². The van der Waals surface area contributed by atoms with Gasteiger partial charge >= 0.3 is 37.7 Å². The second kappa shape index (κ2) is 20.4. The maximum absolute atomic E-state index is 10.6. The molecule has 1 heterocycles. The Kier molecular flexibility index (Phi) is 22.5. The summed E-state index contributed by atoms with van der Waals surface area (Å²) >= 11 is 0. The number of hydrogen-bond donors (Lipinski definition) is 13. The van der Waals surface area contributed by atoms with Crippen molar-refractivity contribution in [2.45, 2.75) is 79.5 Å². The standard InChI is InChI=1S/C12H22O12.C6H12O7.Ca.H2O/c13-1-3(15)10(7(18)8(19)11(21)22)24-12-9(20)6(17)5(16)4(2-14)23-12;7-1-2(8)3(9)4(10)5(11)6(12)13;;/h3-10,12-20H,1-2H2,(H,21,22);2-5,7-11H,1H2,(H,12,13);;1H2/q;;+2;/p-2/t3-,4-,5+,6-,7-,8-,9-,10-,12+;2-,3-,4+,5-;;/m11../s1. The van der Waals surface area contributed by atoms with Crippen LogP contribution < -0.4 is 10.2 Å². The predicted molar refractivity (Wildman–Crippen MR) is 114 cm³/mol. The predicted octanol–water partition coefficient (Wildman–Crippen LogP) is -13.0. The fraction of sp³-hybridized carbons (Fsp3) is 0.889. The molecule has 0 amide bonds. The summed E-state index contributed by atoms with van der Waals surface area (Å²) in [6, 6.07) is 0. The molecular weight excluding hydrogens is 576 g/mol. The summed E-state index contributed by atoms with van der Waals surface area (Å²) in [5, 5.41) is 140. The van der Waals surface area contributed by atoms with Crippen LogP contribution in [0.4, 0.5) is 0 Å². The number of rotatable bonds is 13. The van der Waals surface area contributed by atoms with E-state index in [9.17, 15) is 50.4 Å². The van der Waals surface area contributed by atoms with Crippen LogP contribution in [0.3, 0.4) is 0 Å². The summed E-state index contributed by atoms with van der Waals surface area (Å²) in [4.78, 5) is 20.6. The summed E-state index contributed by atoms with van der Waals surface area (Å²) in [6.07, 6.45) is -25.3. The molecule has 1 fully saturated rings. The van der Waals surface area contributed by atoms with Crippen molar-refractivity contribution in [3.63, 3.8) is 0 Å². The van der Waals surface area contributed by atoms with E-state index in [1.807, 2.05) is 0 Å². The molecule has 15 N–H and O–H groups in total. The maximum Gasteiger partial charge on any atom is 2.00 e. The van der Waals surface area contributed by atoms with Gasteiger partial charge in [0, 0.05) is 0 Å². The topological polar surface area (TPSA) is 393 Å². The average molecular weight is 611 g/mol. The molecule has 13 atom stereocenters. The van der Waals surface area contributed by atoms with Crippen LogP contribution in [0.5, 0.6) is 0 Å². The quantitative estimate of drug-likeness (QED) is 0.0860. The molecule has 0 aromatic carbocycles. The molecule has 1 rings (SSSR count). The van der Waals surface area contributed by atoms with E-state index in [2.05, 4.69) is 0 Å². The van der Waals surface area contributed by atoms with Crippen LogP contribution in [0.25, 0.3) is 0 Å². The van der Waals surface area contributed by atoms with E-state index in [4.69, 9.17) is 45.2 Å². The monoisotopic (exact) mass is 610 g/mol. The fourth-order valence-corrected chi connectivity index (χ4v) is 2.82. The third-order valence-corrected chi connectivity index (χ3v) is 5.10. The molecule has 20 nitrogen and oxygen atoms in total. The molecule has 0 aliphatic carbocycles. The zero-order valence-corrected chi connectivity index (χ0v) is 22.3. The van der Waals surface area contributed by atoms with E-state index in [1.54, 1.807) is 0 Å². The van der Waals surface area contributed by atoms with Gasteiger partial charge in [-0.2, -0.15) is 0 Å². The van der Waals surface area contributed by atoms with Gasteiger partial charge in [0.05, 0.1) is 31.8 Å². The van der Waals surface area contributed by atoms with E-state index in [1.165, 1.54) is 0 Å². The second-order valence-corrected chi connectivity index (χ2v) is 7.80. The summed E-state index contributed by atoms with van der Waals surface area (Å²) < 4.78 is 9.94. The van der Waals surface area contributed by atoms with Crippen LogP contribution in [0.1, 0.15) is 0 Å². The number of aliphatic hydroxyl groups excluding tert-OH is 13. The van der Waals surface area contributed by atoms with E-state index in [0.29, 0.717) is 0 Å². The minimum Gasteiger partial charge on any atom is -0.547 e. The molecule has 228 valence electrons. The number of carboxylic acids is 2. The zero-order valence-electron chi connectivity index (χ0n) is 20.1. The Labute approximate surface area is 249 Å². The first kappa shape index (κ1) is 43.0. The SMILES string of the molecule is O.O=C([O-])[C@H](O)[C@@H](O)[C@H](O)[C@H](O)CO.O=C([O-])[C@H](O)[C@@H](O)[C@H](O[C@@H]1O[C@H](CO)[C@H](O)[C@@H](O)[C@H]1O)[C@H](O)CO.[Ca+2]. The van der Waals surface area contributed by atoms with Crippen LogP contribution >= 0.6 is 0 Å². The molecular formula is C18H34CaO20. The van der Waals surface area contributed by atoms with Crippen LogP contribution in [0.15, 0.2) is 0 Å². The number of carbonyl (C=O) groups excluding carboxylic acids is 2. The van der Waals surface area contributed by atoms with Gasteiger partial charge in [-0.3, -0.25) is 0 Å². The molecule has 1 aliphatic rings. The van der Waals surface area contributed by atoms with Crippen molar-refractivity contribution in [1.82, 2.24) is 0 Å². The van der Waals surface area contributed by atoms with E-state index in [0.717, 1.165) is 0 Å². The van der Waals surface area contributed by atoms with E-state index < -0.39 is 111 Å². The Morgan fingerprint density at radius 1 is 0.718 bits per heavy atom. The summed E-state index contributed by atoms with van der Waals surface area (Å²) in [5.74, 6) is -4.06. The first-order valence-corrected chi connectivity index (χ1v) is 10.4. The third kappa shape index (κ3) is 12.5. The van der Waals surface area contributed by atoms with Gasteiger partial charge in [-0.15, -0.1) is 0 Å². The van der Waals surface area contributed by atoms with Gasteiger partial charge < -0.3 is 101 Å². The second-order valence-electron chi connectivity index (χ2n) is 7.80. The molecule has 39 heavy (non-hydrogen) atoms. The van der Waals surface area contributed by atoms with Gasteiger partial charge in [-0.05, 0) is 0 Å².